The van der Waals surface area contributed by atoms with Crippen molar-refractivity contribution in [1.82, 2.24) is 19.8 Å². The summed E-state index contributed by atoms with van der Waals surface area (Å²) < 4.78 is 0. The predicted molar refractivity (Wildman–Crippen MR) is 91.5 cm³/mol. The SMILES string of the molecule is CN(CC(=O)N1CCN(c2ncccn2)CC1)Cc1cccs1. The van der Waals surface area contributed by atoms with Crippen LogP contribution in [0.4, 0.5) is 5.95 Å². The number of piperazine rings is 1. The van der Waals surface area contributed by atoms with E-state index in [1.54, 1.807) is 23.7 Å². The van der Waals surface area contributed by atoms with E-state index in [0.29, 0.717) is 6.54 Å². The Bertz CT molecular complexity index is 611. The van der Waals surface area contributed by atoms with Crippen LogP contribution >= 0.6 is 11.3 Å². The summed E-state index contributed by atoms with van der Waals surface area (Å²) in [5.41, 5.74) is 0. The lowest BCUT2D eigenvalue weighted by atomic mass is 10.3. The third-order valence-electron chi connectivity index (χ3n) is 3.88. The number of hydrogen-bond donors (Lipinski definition) is 0. The van der Waals surface area contributed by atoms with E-state index in [-0.39, 0.29) is 5.91 Å². The largest absolute Gasteiger partial charge is 0.338 e. The molecule has 1 aliphatic heterocycles. The molecule has 23 heavy (non-hydrogen) atoms. The minimum absolute atomic E-state index is 0.192. The van der Waals surface area contributed by atoms with Gasteiger partial charge in [-0.3, -0.25) is 9.69 Å². The number of anilines is 1. The summed E-state index contributed by atoms with van der Waals surface area (Å²) >= 11 is 1.72. The number of rotatable bonds is 5. The molecule has 0 radical (unpaired) electrons. The van der Waals surface area contributed by atoms with E-state index < -0.39 is 0 Å². The fourth-order valence-corrected chi connectivity index (χ4v) is 3.45. The van der Waals surface area contributed by atoms with Gasteiger partial charge in [-0.1, -0.05) is 6.07 Å². The van der Waals surface area contributed by atoms with Gasteiger partial charge in [-0.15, -0.1) is 11.3 Å². The van der Waals surface area contributed by atoms with Crippen LogP contribution in [-0.4, -0.2) is 65.4 Å². The van der Waals surface area contributed by atoms with Crippen LogP contribution in [0.1, 0.15) is 4.88 Å². The third kappa shape index (κ3) is 4.27. The van der Waals surface area contributed by atoms with Crippen LogP contribution in [0.2, 0.25) is 0 Å². The van der Waals surface area contributed by atoms with Gasteiger partial charge < -0.3 is 9.80 Å². The van der Waals surface area contributed by atoms with Crippen molar-refractivity contribution in [3.8, 4) is 0 Å². The second-order valence-corrected chi connectivity index (χ2v) is 6.70. The Hall–Kier alpha value is -1.99. The topological polar surface area (TPSA) is 52.6 Å². The fraction of sp³-hybridized carbons (Fsp3) is 0.438. The first-order chi connectivity index (χ1) is 11.2. The Kier molecular flexibility index (Phi) is 5.19. The Morgan fingerprint density at radius 1 is 1.22 bits per heavy atom. The van der Waals surface area contributed by atoms with Crippen molar-refractivity contribution in [1.29, 1.82) is 0 Å². The Balaban J connectivity index is 1.46. The molecule has 3 rings (SSSR count). The van der Waals surface area contributed by atoms with Crippen molar-refractivity contribution in [2.45, 2.75) is 6.54 Å². The molecule has 1 saturated heterocycles. The molecule has 0 N–H and O–H groups in total. The lowest BCUT2D eigenvalue weighted by molar-refractivity contribution is -0.132. The number of thiophene rings is 1. The number of carbonyl (C=O) groups excluding carboxylic acids is 1. The lowest BCUT2D eigenvalue weighted by Gasteiger charge is -2.35. The number of aromatic nitrogens is 2. The number of nitrogens with zero attached hydrogens (tertiary/aromatic N) is 5. The first-order valence-electron chi connectivity index (χ1n) is 7.73. The summed E-state index contributed by atoms with van der Waals surface area (Å²) in [5.74, 6) is 0.937. The highest BCUT2D eigenvalue weighted by molar-refractivity contribution is 7.09. The van der Waals surface area contributed by atoms with Gasteiger partial charge in [0.15, 0.2) is 0 Å². The summed E-state index contributed by atoms with van der Waals surface area (Å²) in [6, 6.07) is 5.96. The smallest absolute Gasteiger partial charge is 0.236 e. The zero-order valence-electron chi connectivity index (χ0n) is 13.3. The number of hydrogen-bond acceptors (Lipinski definition) is 6. The maximum atomic E-state index is 12.4. The van der Waals surface area contributed by atoms with E-state index in [1.165, 1.54) is 4.88 Å². The summed E-state index contributed by atoms with van der Waals surface area (Å²) in [6.45, 7) is 4.30. The molecule has 2 aromatic heterocycles. The monoisotopic (exact) mass is 331 g/mol. The van der Waals surface area contributed by atoms with Crippen molar-refractivity contribution in [3.63, 3.8) is 0 Å². The molecule has 0 saturated carbocycles. The molecule has 0 atom stereocenters. The number of carbonyl (C=O) groups is 1. The molecule has 2 aromatic rings. The second kappa shape index (κ2) is 7.52. The van der Waals surface area contributed by atoms with E-state index in [2.05, 4.69) is 31.2 Å². The molecular formula is C16H21N5OS. The van der Waals surface area contributed by atoms with Crippen LogP contribution in [0.25, 0.3) is 0 Å². The number of likely N-dealkylation sites (N-methyl/N-ethyl adjacent to an activating group) is 1. The predicted octanol–water partition coefficient (Wildman–Crippen LogP) is 1.32. The molecule has 0 unspecified atom stereocenters. The van der Waals surface area contributed by atoms with Crippen LogP contribution in [0, 0.1) is 0 Å². The summed E-state index contributed by atoms with van der Waals surface area (Å²) in [5, 5.41) is 2.07. The van der Waals surface area contributed by atoms with Crippen molar-refractivity contribution in [2.75, 3.05) is 44.7 Å². The van der Waals surface area contributed by atoms with Crippen molar-refractivity contribution in [2.24, 2.45) is 0 Å². The highest BCUT2D eigenvalue weighted by atomic mass is 32.1. The van der Waals surface area contributed by atoms with Gasteiger partial charge in [-0.2, -0.15) is 0 Å². The minimum Gasteiger partial charge on any atom is -0.338 e. The van der Waals surface area contributed by atoms with Gasteiger partial charge in [0.05, 0.1) is 6.54 Å². The molecule has 0 aromatic carbocycles. The quantitative estimate of drug-likeness (QED) is 0.827. The summed E-state index contributed by atoms with van der Waals surface area (Å²) in [6.07, 6.45) is 3.50. The molecule has 0 bridgehead atoms. The maximum Gasteiger partial charge on any atom is 0.236 e. The summed E-state index contributed by atoms with van der Waals surface area (Å²) in [7, 11) is 1.99. The molecular weight excluding hydrogens is 310 g/mol. The van der Waals surface area contributed by atoms with E-state index in [4.69, 9.17) is 0 Å². The third-order valence-corrected chi connectivity index (χ3v) is 4.74. The van der Waals surface area contributed by atoms with E-state index >= 15 is 0 Å². The molecule has 122 valence electrons. The molecule has 7 heteroatoms. The van der Waals surface area contributed by atoms with Gasteiger partial charge in [-0.05, 0) is 24.6 Å². The van der Waals surface area contributed by atoms with E-state index in [1.807, 2.05) is 24.1 Å². The molecule has 1 aliphatic rings. The first-order valence-corrected chi connectivity index (χ1v) is 8.61. The molecule has 6 nitrogen and oxygen atoms in total. The van der Waals surface area contributed by atoms with Crippen molar-refractivity contribution < 1.29 is 4.79 Å². The van der Waals surface area contributed by atoms with E-state index in [0.717, 1.165) is 38.7 Å². The molecule has 0 spiro atoms. The van der Waals surface area contributed by atoms with Gasteiger partial charge >= 0.3 is 0 Å². The van der Waals surface area contributed by atoms with Crippen LogP contribution in [0.3, 0.4) is 0 Å². The van der Waals surface area contributed by atoms with Crippen LogP contribution < -0.4 is 4.90 Å². The van der Waals surface area contributed by atoms with Crippen LogP contribution in [-0.2, 0) is 11.3 Å². The van der Waals surface area contributed by atoms with E-state index in [9.17, 15) is 4.79 Å². The maximum absolute atomic E-state index is 12.4. The van der Waals surface area contributed by atoms with Crippen LogP contribution in [0.5, 0.6) is 0 Å². The molecule has 1 fully saturated rings. The van der Waals surface area contributed by atoms with Gasteiger partial charge in [0.25, 0.3) is 0 Å². The number of amides is 1. The average Bonchev–Trinajstić information content (AvgIpc) is 3.08. The molecule has 0 aliphatic carbocycles. The lowest BCUT2D eigenvalue weighted by Crippen LogP contribution is -2.51. The van der Waals surface area contributed by atoms with Crippen molar-refractivity contribution >= 4 is 23.2 Å². The normalized spacial score (nSPS) is 15.2. The standard InChI is InChI=1S/C16H21N5OS/c1-19(12-14-4-2-11-23-14)13-15(22)20-7-9-21(10-8-20)16-17-5-3-6-18-16/h2-6,11H,7-10,12-13H2,1H3. The summed E-state index contributed by atoms with van der Waals surface area (Å²) in [4.78, 5) is 28.4. The zero-order valence-corrected chi connectivity index (χ0v) is 14.1. The zero-order chi connectivity index (χ0) is 16.1. The second-order valence-electron chi connectivity index (χ2n) is 5.67. The Morgan fingerprint density at radius 2 is 1.96 bits per heavy atom. The van der Waals surface area contributed by atoms with Gasteiger partial charge in [-0.25, -0.2) is 9.97 Å². The average molecular weight is 331 g/mol. The van der Waals surface area contributed by atoms with Crippen LogP contribution in [0.15, 0.2) is 36.0 Å². The highest BCUT2D eigenvalue weighted by Crippen LogP contribution is 2.12. The first kappa shape index (κ1) is 15.9. The highest BCUT2D eigenvalue weighted by Gasteiger charge is 2.23. The fourth-order valence-electron chi connectivity index (χ4n) is 2.67. The van der Waals surface area contributed by atoms with Gasteiger partial charge in [0.1, 0.15) is 0 Å². The molecule has 3 heterocycles. The Morgan fingerprint density at radius 3 is 2.61 bits per heavy atom. The van der Waals surface area contributed by atoms with Gasteiger partial charge in [0.2, 0.25) is 11.9 Å². The Labute approximate surface area is 140 Å². The molecule has 1 amide bonds. The van der Waals surface area contributed by atoms with Crippen molar-refractivity contribution in [3.05, 3.63) is 40.8 Å². The van der Waals surface area contributed by atoms with Gasteiger partial charge in [0, 0.05) is 50.0 Å². The minimum atomic E-state index is 0.192.